The van der Waals surface area contributed by atoms with Crippen molar-refractivity contribution in [2.75, 3.05) is 11.1 Å². The molecule has 2 aromatic rings. The van der Waals surface area contributed by atoms with Gasteiger partial charge in [0.1, 0.15) is 0 Å². The Balaban J connectivity index is 2.41. The highest BCUT2D eigenvalue weighted by Crippen LogP contribution is 2.27. The van der Waals surface area contributed by atoms with Crippen LogP contribution in [0.1, 0.15) is 16.8 Å². The summed E-state index contributed by atoms with van der Waals surface area (Å²) < 4.78 is 1.77. The second kappa shape index (κ2) is 4.13. The smallest absolute Gasteiger partial charge is 0.152 e. The maximum Gasteiger partial charge on any atom is 0.152 e. The second-order valence-electron chi connectivity index (χ2n) is 4.41. The molecule has 0 saturated carbocycles. The predicted molar refractivity (Wildman–Crippen MR) is 71.6 cm³/mol. The minimum atomic E-state index is 0.702. The van der Waals surface area contributed by atoms with Gasteiger partial charge in [0.15, 0.2) is 5.82 Å². The Morgan fingerprint density at radius 3 is 2.53 bits per heavy atom. The minimum absolute atomic E-state index is 0.702. The van der Waals surface area contributed by atoms with Crippen LogP contribution in [0.25, 0.3) is 0 Å². The van der Waals surface area contributed by atoms with Gasteiger partial charge in [-0.15, -0.1) is 0 Å². The van der Waals surface area contributed by atoms with Crippen molar-refractivity contribution in [3.63, 3.8) is 0 Å². The van der Waals surface area contributed by atoms with Crippen LogP contribution in [0.5, 0.6) is 0 Å². The maximum absolute atomic E-state index is 5.99. The van der Waals surface area contributed by atoms with E-state index in [0.717, 1.165) is 17.2 Å². The molecule has 4 heteroatoms. The van der Waals surface area contributed by atoms with Crippen LogP contribution in [0.15, 0.2) is 18.2 Å². The Bertz CT molecular complexity index is 555. The summed E-state index contributed by atoms with van der Waals surface area (Å²) in [5.74, 6) is 0.844. The number of rotatable bonds is 2. The van der Waals surface area contributed by atoms with E-state index in [1.54, 1.807) is 4.68 Å². The molecule has 0 aliphatic carbocycles. The molecule has 17 heavy (non-hydrogen) atoms. The highest BCUT2D eigenvalue weighted by atomic mass is 15.3. The zero-order valence-electron chi connectivity index (χ0n) is 10.7. The summed E-state index contributed by atoms with van der Waals surface area (Å²) in [6, 6.07) is 6.30. The van der Waals surface area contributed by atoms with Gasteiger partial charge in [-0.3, -0.25) is 4.68 Å². The summed E-state index contributed by atoms with van der Waals surface area (Å²) in [4.78, 5) is 0. The first kappa shape index (κ1) is 11.5. The topological polar surface area (TPSA) is 55.9 Å². The molecule has 0 fully saturated rings. The average Bonchev–Trinajstić information content (AvgIpc) is 2.50. The number of hydrogen-bond donors (Lipinski definition) is 2. The molecule has 0 radical (unpaired) electrons. The molecule has 1 aromatic heterocycles. The quantitative estimate of drug-likeness (QED) is 0.834. The molecule has 4 nitrogen and oxygen atoms in total. The lowest BCUT2D eigenvalue weighted by atomic mass is 10.1. The molecule has 0 bridgehead atoms. The summed E-state index contributed by atoms with van der Waals surface area (Å²) in [6.45, 7) is 6.05. The molecule has 0 saturated heterocycles. The molecule has 1 heterocycles. The molecule has 2 rings (SSSR count). The van der Waals surface area contributed by atoms with E-state index in [1.165, 1.54) is 11.1 Å². The van der Waals surface area contributed by atoms with E-state index >= 15 is 0 Å². The van der Waals surface area contributed by atoms with E-state index in [9.17, 15) is 0 Å². The van der Waals surface area contributed by atoms with Crippen LogP contribution in [0.4, 0.5) is 17.2 Å². The molecule has 3 N–H and O–H groups in total. The normalized spacial score (nSPS) is 10.6. The van der Waals surface area contributed by atoms with Gasteiger partial charge in [-0.2, -0.15) is 5.10 Å². The van der Waals surface area contributed by atoms with Crippen molar-refractivity contribution in [3.05, 3.63) is 35.0 Å². The number of benzene rings is 1. The van der Waals surface area contributed by atoms with Gasteiger partial charge in [0.25, 0.3) is 0 Å². The molecule has 0 amide bonds. The zero-order valence-corrected chi connectivity index (χ0v) is 10.7. The van der Waals surface area contributed by atoms with E-state index in [4.69, 9.17) is 5.73 Å². The number of nitrogens with one attached hydrogen (secondary N) is 1. The Kier molecular flexibility index (Phi) is 2.79. The van der Waals surface area contributed by atoms with Crippen molar-refractivity contribution in [3.8, 4) is 0 Å². The highest BCUT2D eigenvalue weighted by molar-refractivity contribution is 5.72. The Morgan fingerprint density at radius 2 is 1.94 bits per heavy atom. The fourth-order valence-corrected chi connectivity index (χ4v) is 1.82. The van der Waals surface area contributed by atoms with E-state index in [-0.39, 0.29) is 0 Å². The van der Waals surface area contributed by atoms with Crippen LogP contribution < -0.4 is 11.1 Å². The number of anilines is 3. The summed E-state index contributed by atoms with van der Waals surface area (Å²) in [7, 11) is 1.89. The highest BCUT2D eigenvalue weighted by Gasteiger charge is 2.10. The van der Waals surface area contributed by atoms with Crippen molar-refractivity contribution in [1.82, 2.24) is 9.78 Å². The van der Waals surface area contributed by atoms with E-state index in [0.29, 0.717) is 5.69 Å². The number of nitrogen functional groups attached to an aromatic ring is 1. The second-order valence-corrected chi connectivity index (χ2v) is 4.41. The van der Waals surface area contributed by atoms with Crippen molar-refractivity contribution < 1.29 is 0 Å². The first-order valence-electron chi connectivity index (χ1n) is 5.62. The number of aromatic nitrogens is 2. The van der Waals surface area contributed by atoms with Crippen molar-refractivity contribution in [2.24, 2.45) is 7.05 Å². The first-order valence-corrected chi connectivity index (χ1v) is 5.62. The Hall–Kier alpha value is -1.97. The minimum Gasteiger partial charge on any atom is -0.394 e. The van der Waals surface area contributed by atoms with Crippen LogP contribution in [0.3, 0.4) is 0 Å². The fraction of sp³-hybridized carbons (Fsp3) is 0.308. The summed E-state index contributed by atoms with van der Waals surface area (Å²) in [5.41, 5.74) is 11.0. The predicted octanol–water partition coefficient (Wildman–Crippen LogP) is 2.67. The first-order chi connectivity index (χ1) is 7.99. The fourth-order valence-electron chi connectivity index (χ4n) is 1.82. The van der Waals surface area contributed by atoms with Gasteiger partial charge in [-0.05, 0) is 38.0 Å². The lowest BCUT2D eigenvalue weighted by Crippen LogP contribution is -2.02. The van der Waals surface area contributed by atoms with Gasteiger partial charge in [0.2, 0.25) is 0 Å². The average molecular weight is 230 g/mol. The SMILES string of the molecule is Cc1ccc(C)c(Nc2c(N)c(C)nn2C)c1. The molecule has 0 aliphatic heterocycles. The van der Waals surface area contributed by atoms with E-state index < -0.39 is 0 Å². The van der Waals surface area contributed by atoms with Crippen molar-refractivity contribution in [1.29, 1.82) is 0 Å². The summed E-state index contributed by atoms with van der Waals surface area (Å²) in [5, 5.41) is 7.63. The van der Waals surface area contributed by atoms with Crippen LogP contribution in [0.2, 0.25) is 0 Å². The molecule has 0 spiro atoms. The summed E-state index contributed by atoms with van der Waals surface area (Å²) in [6.07, 6.45) is 0. The standard InChI is InChI=1S/C13H18N4/c1-8-5-6-9(2)11(7-8)15-13-12(14)10(3)16-17(13)4/h5-7,15H,14H2,1-4H3. The van der Waals surface area contributed by atoms with Crippen molar-refractivity contribution in [2.45, 2.75) is 20.8 Å². The zero-order chi connectivity index (χ0) is 12.6. The lowest BCUT2D eigenvalue weighted by molar-refractivity contribution is 0.765. The Morgan fingerprint density at radius 1 is 1.24 bits per heavy atom. The number of hydrogen-bond acceptors (Lipinski definition) is 3. The van der Waals surface area contributed by atoms with Gasteiger partial charge in [-0.1, -0.05) is 12.1 Å². The van der Waals surface area contributed by atoms with Gasteiger partial charge >= 0.3 is 0 Å². The molecule has 0 atom stereocenters. The van der Waals surface area contributed by atoms with Gasteiger partial charge in [0.05, 0.1) is 11.4 Å². The number of nitrogens with zero attached hydrogens (tertiary/aromatic N) is 2. The molecule has 1 aromatic carbocycles. The molecule has 90 valence electrons. The van der Waals surface area contributed by atoms with Crippen molar-refractivity contribution >= 4 is 17.2 Å². The maximum atomic E-state index is 5.99. The van der Waals surface area contributed by atoms with Crippen LogP contribution in [-0.4, -0.2) is 9.78 Å². The lowest BCUT2D eigenvalue weighted by Gasteiger charge is -2.11. The third-order valence-electron chi connectivity index (χ3n) is 2.91. The van der Waals surface area contributed by atoms with Gasteiger partial charge in [-0.25, -0.2) is 0 Å². The third kappa shape index (κ3) is 2.11. The monoisotopic (exact) mass is 230 g/mol. The van der Waals surface area contributed by atoms with E-state index in [2.05, 4.69) is 42.5 Å². The van der Waals surface area contributed by atoms with E-state index in [1.807, 2.05) is 14.0 Å². The van der Waals surface area contributed by atoms with Crippen LogP contribution in [0, 0.1) is 20.8 Å². The number of nitrogens with two attached hydrogens (primary N) is 1. The molecule has 0 aliphatic rings. The van der Waals surface area contributed by atoms with Gasteiger partial charge < -0.3 is 11.1 Å². The van der Waals surface area contributed by atoms with Crippen LogP contribution >= 0.6 is 0 Å². The molecular formula is C13H18N4. The van der Waals surface area contributed by atoms with Gasteiger partial charge in [0, 0.05) is 12.7 Å². The largest absolute Gasteiger partial charge is 0.394 e. The third-order valence-corrected chi connectivity index (χ3v) is 2.91. The molecule has 0 unspecified atom stereocenters. The summed E-state index contributed by atoms with van der Waals surface area (Å²) >= 11 is 0. The molecular weight excluding hydrogens is 212 g/mol. The number of aryl methyl sites for hydroxylation is 4. The van der Waals surface area contributed by atoms with Crippen LogP contribution in [-0.2, 0) is 7.05 Å². The Labute approximate surface area is 101 Å².